The van der Waals surface area contributed by atoms with Crippen LogP contribution in [-0.4, -0.2) is 18.5 Å². The predicted octanol–water partition coefficient (Wildman–Crippen LogP) is 5.70. The third kappa shape index (κ3) is 4.73. The third-order valence-corrected chi connectivity index (χ3v) is 5.25. The van der Waals surface area contributed by atoms with Crippen LogP contribution in [0.5, 0.6) is 5.75 Å². The molecule has 0 saturated carbocycles. The van der Waals surface area contributed by atoms with Crippen LogP contribution in [0.15, 0.2) is 60.7 Å². The van der Waals surface area contributed by atoms with E-state index in [0.29, 0.717) is 27.8 Å². The van der Waals surface area contributed by atoms with E-state index in [1.165, 1.54) is 17.0 Å². The number of rotatable bonds is 4. The SMILES string of the molecule is O=C(Nc1ccc(Cl)cc1)Nc1ccc2c(c1)N(Cc1c(F)cccc1Cl)C(=O)CO2. The van der Waals surface area contributed by atoms with E-state index >= 15 is 0 Å². The molecule has 0 atom stereocenters. The van der Waals surface area contributed by atoms with E-state index in [1.54, 1.807) is 48.5 Å². The second-order valence-electron chi connectivity index (χ2n) is 6.74. The van der Waals surface area contributed by atoms with Crippen molar-refractivity contribution in [2.75, 3.05) is 22.1 Å². The Morgan fingerprint density at radius 1 is 1.03 bits per heavy atom. The summed E-state index contributed by atoms with van der Waals surface area (Å²) in [5.41, 5.74) is 1.59. The number of carbonyl (C=O) groups is 2. The van der Waals surface area contributed by atoms with E-state index in [-0.39, 0.29) is 29.6 Å². The fraction of sp³-hybridized carbons (Fsp3) is 0.0909. The van der Waals surface area contributed by atoms with Crippen molar-refractivity contribution in [1.29, 1.82) is 0 Å². The summed E-state index contributed by atoms with van der Waals surface area (Å²) in [7, 11) is 0. The smallest absolute Gasteiger partial charge is 0.323 e. The molecule has 0 aliphatic carbocycles. The number of nitrogens with zero attached hydrogens (tertiary/aromatic N) is 1. The molecular formula is C22H16Cl2FN3O3. The van der Waals surface area contributed by atoms with E-state index in [0.717, 1.165) is 0 Å². The monoisotopic (exact) mass is 459 g/mol. The highest BCUT2D eigenvalue weighted by molar-refractivity contribution is 6.31. The van der Waals surface area contributed by atoms with Gasteiger partial charge in [0, 0.05) is 27.0 Å². The van der Waals surface area contributed by atoms with Crippen LogP contribution in [-0.2, 0) is 11.3 Å². The topological polar surface area (TPSA) is 70.7 Å². The summed E-state index contributed by atoms with van der Waals surface area (Å²) in [4.78, 5) is 26.2. The number of halogens is 3. The van der Waals surface area contributed by atoms with E-state index in [2.05, 4.69) is 10.6 Å². The zero-order valence-electron chi connectivity index (χ0n) is 16.0. The number of ether oxygens (including phenoxy) is 1. The lowest BCUT2D eigenvalue weighted by Gasteiger charge is -2.30. The number of carbonyl (C=O) groups excluding carboxylic acids is 2. The fourth-order valence-electron chi connectivity index (χ4n) is 3.12. The van der Waals surface area contributed by atoms with Gasteiger partial charge in [-0.1, -0.05) is 29.3 Å². The second kappa shape index (κ2) is 8.83. The average molecular weight is 460 g/mol. The molecule has 0 bridgehead atoms. The van der Waals surface area contributed by atoms with Gasteiger partial charge in [0.2, 0.25) is 0 Å². The molecule has 0 aromatic heterocycles. The van der Waals surface area contributed by atoms with Crippen molar-refractivity contribution in [2.45, 2.75) is 6.54 Å². The van der Waals surface area contributed by atoms with Crippen molar-refractivity contribution in [1.82, 2.24) is 0 Å². The van der Waals surface area contributed by atoms with E-state index in [4.69, 9.17) is 27.9 Å². The molecule has 0 radical (unpaired) electrons. The molecule has 3 amide bonds. The van der Waals surface area contributed by atoms with Gasteiger partial charge >= 0.3 is 6.03 Å². The van der Waals surface area contributed by atoms with Crippen LogP contribution in [0.2, 0.25) is 10.0 Å². The zero-order valence-corrected chi connectivity index (χ0v) is 17.5. The lowest BCUT2D eigenvalue weighted by molar-refractivity contribution is -0.121. The first-order valence-electron chi connectivity index (χ1n) is 9.24. The Labute approximate surface area is 187 Å². The summed E-state index contributed by atoms with van der Waals surface area (Å²) in [5, 5.41) is 6.16. The standard InChI is InChI=1S/C22H16Cl2FN3O3/c23-13-4-6-14(7-5-13)26-22(30)27-15-8-9-20-19(10-15)28(21(29)12-31-20)11-16-17(24)2-1-3-18(16)25/h1-10H,11-12H2,(H2,26,27,30). The minimum atomic E-state index is -0.509. The van der Waals surface area contributed by atoms with Gasteiger partial charge in [-0.05, 0) is 54.6 Å². The summed E-state index contributed by atoms with van der Waals surface area (Å²) in [6, 6.07) is 15.4. The highest BCUT2D eigenvalue weighted by Gasteiger charge is 2.27. The third-order valence-electron chi connectivity index (χ3n) is 4.64. The first kappa shape index (κ1) is 21.0. The quantitative estimate of drug-likeness (QED) is 0.525. The second-order valence-corrected chi connectivity index (χ2v) is 7.58. The molecule has 31 heavy (non-hydrogen) atoms. The van der Waals surface area contributed by atoms with Gasteiger partial charge in [0.25, 0.3) is 5.91 Å². The maximum absolute atomic E-state index is 14.3. The van der Waals surface area contributed by atoms with Crippen molar-refractivity contribution < 1.29 is 18.7 Å². The number of hydrogen-bond acceptors (Lipinski definition) is 3. The van der Waals surface area contributed by atoms with Gasteiger partial charge in [-0.25, -0.2) is 9.18 Å². The minimum absolute atomic E-state index is 0.0683. The lowest BCUT2D eigenvalue weighted by atomic mass is 10.1. The molecule has 9 heteroatoms. The highest BCUT2D eigenvalue weighted by Crippen LogP contribution is 2.36. The summed E-state index contributed by atoms with van der Waals surface area (Å²) in [6.07, 6.45) is 0. The predicted molar refractivity (Wildman–Crippen MR) is 119 cm³/mol. The Kier molecular flexibility index (Phi) is 5.97. The molecule has 0 unspecified atom stereocenters. The molecule has 2 N–H and O–H groups in total. The minimum Gasteiger partial charge on any atom is -0.482 e. The van der Waals surface area contributed by atoms with E-state index < -0.39 is 11.8 Å². The number of amides is 3. The number of fused-ring (bicyclic) bond motifs is 1. The largest absolute Gasteiger partial charge is 0.482 e. The van der Waals surface area contributed by atoms with Crippen LogP contribution >= 0.6 is 23.2 Å². The van der Waals surface area contributed by atoms with Crippen molar-refractivity contribution in [2.24, 2.45) is 0 Å². The number of hydrogen-bond donors (Lipinski definition) is 2. The molecule has 158 valence electrons. The molecule has 1 heterocycles. The van der Waals surface area contributed by atoms with Crippen LogP contribution in [0, 0.1) is 5.82 Å². The van der Waals surface area contributed by atoms with Gasteiger partial charge < -0.3 is 20.3 Å². The van der Waals surface area contributed by atoms with Crippen LogP contribution in [0.25, 0.3) is 0 Å². The van der Waals surface area contributed by atoms with Crippen LogP contribution in [0.1, 0.15) is 5.56 Å². The summed E-state index contributed by atoms with van der Waals surface area (Å²) >= 11 is 12.0. The normalized spacial score (nSPS) is 12.7. The molecule has 1 aliphatic rings. The maximum Gasteiger partial charge on any atom is 0.323 e. The molecule has 3 aromatic carbocycles. The molecule has 4 rings (SSSR count). The lowest BCUT2D eigenvalue weighted by Crippen LogP contribution is -2.38. The molecule has 0 saturated heterocycles. The van der Waals surface area contributed by atoms with Gasteiger partial charge in [-0.15, -0.1) is 0 Å². The Hall–Kier alpha value is -3.29. The summed E-state index contributed by atoms with van der Waals surface area (Å²) < 4.78 is 19.7. The van der Waals surface area contributed by atoms with Gasteiger partial charge in [0.05, 0.1) is 12.2 Å². The maximum atomic E-state index is 14.3. The number of anilines is 3. The Bertz CT molecular complexity index is 1130. The zero-order chi connectivity index (χ0) is 22.0. The van der Waals surface area contributed by atoms with E-state index in [1.807, 2.05) is 0 Å². The Balaban J connectivity index is 1.56. The van der Waals surface area contributed by atoms with Crippen molar-refractivity contribution >= 4 is 52.2 Å². The van der Waals surface area contributed by atoms with Crippen LogP contribution in [0.4, 0.5) is 26.2 Å². The fourth-order valence-corrected chi connectivity index (χ4v) is 3.47. The van der Waals surface area contributed by atoms with Crippen molar-refractivity contribution in [3.63, 3.8) is 0 Å². The first-order valence-corrected chi connectivity index (χ1v) is 10.00. The Morgan fingerprint density at radius 2 is 1.74 bits per heavy atom. The van der Waals surface area contributed by atoms with Gasteiger partial charge in [0.15, 0.2) is 6.61 Å². The number of benzene rings is 3. The van der Waals surface area contributed by atoms with Crippen LogP contribution in [0.3, 0.4) is 0 Å². The summed E-state index contributed by atoms with van der Waals surface area (Å²) in [5.74, 6) is -0.421. The van der Waals surface area contributed by atoms with Crippen molar-refractivity contribution in [3.05, 3.63) is 82.1 Å². The molecule has 0 spiro atoms. The van der Waals surface area contributed by atoms with Gasteiger partial charge in [0.1, 0.15) is 11.6 Å². The average Bonchev–Trinajstić information content (AvgIpc) is 2.74. The number of nitrogens with one attached hydrogen (secondary N) is 2. The molecular weight excluding hydrogens is 444 g/mol. The molecule has 6 nitrogen and oxygen atoms in total. The molecule has 3 aromatic rings. The van der Waals surface area contributed by atoms with E-state index in [9.17, 15) is 14.0 Å². The highest BCUT2D eigenvalue weighted by atomic mass is 35.5. The Morgan fingerprint density at radius 3 is 2.48 bits per heavy atom. The van der Waals surface area contributed by atoms with Gasteiger partial charge in [-0.2, -0.15) is 0 Å². The first-order chi connectivity index (χ1) is 14.9. The number of urea groups is 1. The molecule has 1 aliphatic heterocycles. The molecule has 0 fully saturated rings. The summed E-state index contributed by atoms with van der Waals surface area (Å²) in [6.45, 7) is -0.246. The van der Waals surface area contributed by atoms with Gasteiger partial charge in [-0.3, -0.25) is 4.79 Å². The van der Waals surface area contributed by atoms with Crippen LogP contribution < -0.4 is 20.3 Å². The van der Waals surface area contributed by atoms with Crippen molar-refractivity contribution in [3.8, 4) is 5.75 Å².